The maximum Gasteiger partial charge on any atom is 0.229 e. The number of anilines is 1. The first-order chi connectivity index (χ1) is 12.4. The number of aromatic nitrogens is 1. The van der Waals surface area contributed by atoms with Crippen LogP contribution in [0, 0.1) is 17.2 Å². The van der Waals surface area contributed by atoms with Gasteiger partial charge in [-0.15, -0.1) is 11.3 Å². The molecule has 1 N–H and O–H groups in total. The summed E-state index contributed by atoms with van der Waals surface area (Å²) >= 11 is 1.34. The quantitative estimate of drug-likeness (QED) is 0.863. The Morgan fingerprint density at radius 2 is 1.96 bits per heavy atom. The Morgan fingerprint density at radius 1 is 1.31 bits per heavy atom. The molecular weight excluding hydrogens is 372 g/mol. The summed E-state index contributed by atoms with van der Waals surface area (Å²) in [5.41, 5.74) is 2.20. The fourth-order valence-electron chi connectivity index (χ4n) is 2.84. The van der Waals surface area contributed by atoms with E-state index in [4.69, 9.17) is 5.26 Å². The molecule has 1 aromatic heterocycles. The van der Waals surface area contributed by atoms with Gasteiger partial charge in [-0.25, -0.2) is 17.7 Å². The molecule has 26 heavy (non-hydrogen) atoms. The van der Waals surface area contributed by atoms with E-state index in [1.165, 1.54) is 21.9 Å². The van der Waals surface area contributed by atoms with Crippen LogP contribution in [0.4, 0.5) is 5.13 Å². The molecule has 1 amide bonds. The van der Waals surface area contributed by atoms with Crippen LogP contribution >= 0.6 is 11.3 Å². The van der Waals surface area contributed by atoms with Crippen molar-refractivity contribution in [2.45, 2.75) is 12.8 Å². The summed E-state index contributed by atoms with van der Waals surface area (Å²) in [6.45, 7) is 0.733. The summed E-state index contributed by atoms with van der Waals surface area (Å²) < 4.78 is 24.5. The molecule has 0 atom stereocenters. The number of rotatable bonds is 4. The number of amides is 1. The fourth-order valence-corrected chi connectivity index (χ4v) is 4.43. The van der Waals surface area contributed by atoms with Crippen LogP contribution in [0.2, 0.25) is 0 Å². The van der Waals surface area contributed by atoms with Crippen LogP contribution in [-0.2, 0) is 14.8 Å². The highest BCUT2D eigenvalue weighted by molar-refractivity contribution is 7.88. The third kappa shape index (κ3) is 4.27. The number of hydrogen-bond acceptors (Lipinski definition) is 6. The first-order valence-electron chi connectivity index (χ1n) is 8.09. The van der Waals surface area contributed by atoms with E-state index in [1.807, 2.05) is 17.5 Å². The Labute approximate surface area is 156 Å². The highest BCUT2D eigenvalue weighted by Crippen LogP contribution is 2.27. The van der Waals surface area contributed by atoms with Gasteiger partial charge in [0.15, 0.2) is 5.13 Å². The van der Waals surface area contributed by atoms with E-state index >= 15 is 0 Å². The zero-order chi connectivity index (χ0) is 18.7. The number of hydrogen-bond donors (Lipinski definition) is 1. The summed E-state index contributed by atoms with van der Waals surface area (Å²) in [4.78, 5) is 16.8. The monoisotopic (exact) mass is 390 g/mol. The van der Waals surface area contributed by atoms with Crippen molar-refractivity contribution in [3.05, 3.63) is 35.2 Å². The molecule has 0 aliphatic carbocycles. The van der Waals surface area contributed by atoms with E-state index in [2.05, 4.69) is 16.4 Å². The predicted molar refractivity (Wildman–Crippen MR) is 100 cm³/mol. The number of carbonyl (C=O) groups excluding carboxylic acids is 1. The number of piperidine rings is 1. The first kappa shape index (κ1) is 18.5. The third-order valence-corrected chi connectivity index (χ3v) is 6.40. The van der Waals surface area contributed by atoms with E-state index in [-0.39, 0.29) is 11.8 Å². The lowest BCUT2D eigenvalue weighted by atomic mass is 9.97. The molecule has 1 fully saturated rings. The molecule has 0 saturated carbocycles. The van der Waals surface area contributed by atoms with Crippen molar-refractivity contribution in [2.24, 2.45) is 5.92 Å². The van der Waals surface area contributed by atoms with Gasteiger partial charge in [0, 0.05) is 30.0 Å². The van der Waals surface area contributed by atoms with E-state index in [0.29, 0.717) is 36.6 Å². The molecule has 2 aromatic rings. The van der Waals surface area contributed by atoms with Gasteiger partial charge in [-0.3, -0.25) is 4.79 Å². The standard InChI is InChI=1S/C17H18N4O3S2/c1-26(23,24)21-8-6-14(7-9-21)16(22)20-17-19-15(11-25-17)13-4-2-12(10-18)3-5-13/h2-5,11,14H,6-9H2,1H3,(H,19,20,22). The van der Waals surface area contributed by atoms with Crippen molar-refractivity contribution < 1.29 is 13.2 Å². The maximum absolute atomic E-state index is 12.4. The van der Waals surface area contributed by atoms with Crippen molar-refractivity contribution in [2.75, 3.05) is 24.7 Å². The SMILES string of the molecule is CS(=O)(=O)N1CCC(C(=O)Nc2nc(-c3ccc(C#N)cc3)cs2)CC1. The highest BCUT2D eigenvalue weighted by atomic mass is 32.2. The lowest BCUT2D eigenvalue weighted by Gasteiger charge is -2.29. The topological polar surface area (TPSA) is 103 Å². The Morgan fingerprint density at radius 3 is 2.54 bits per heavy atom. The van der Waals surface area contributed by atoms with Crippen LogP contribution in [0.1, 0.15) is 18.4 Å². The zero-order valence-electron chi connectivity index (χ0n) is 14.2. The number of thiazole rings is 1. The number of nitrogens with zero attached hydrogens (tertiary/aromatic N) is 3. The molecule has 1 aliphatic rings. The Kier molecular flexibility index (Phi) is 5.36. The van der Waals surface area contributed by atoms with Crippen LogP contribution in [0.5, 0.6) is 0 Å². The van der Waals surface area contributed by atoms with Gasteiger partial charge < -0.3 is 5.32 Å². The minimum Gasteiger partial charge on any atom is -0.302 e. The van der Waals surface area contributed by atoms with Crippen LogP contribution in [-0.4, -0.2) is 43.0 Å². The smallest absolute Gasteiger partial charge is 0.229 e. The lowest BCUT2D eigenvalue weighted by Crippen LogP contribution is -2.40. The second-order valence-corrected chi connectivity index (χ2v) is 8.99. The minimum absolute atomic E-state index is 0.126. The van der Waals surface area contributed by atoms with Crippen LogP contribution in [0.25, 0.3) is 11.3 Å². The van der Waals surface area contributed by atoms with Gasteiger partial charge in [0.25, 0.3) is 0 Å². The summed E-state index contributed by atoms with van der Waals surface area (Å²) in [6, 6.07) is 9.16. The van der Waals surface area contributed by atoms with Crippen molar-refractivity contribution in [1.82, 2.24) is 9.29 Å². The second-order valence-electron chi connectivity index (χ2n) is 6.15. The second kappa shape index (κ2) is 7.53. The molecule has 0 unspecified atom stereocenters. The van der Waals surface area contributed by atoms with Crippen molar-refractivity contribution >= 4 is 32.4 Å². The summed E-state index contributed by atoms with van der Waals surface area (Å²) in [6.07, 6.45) is 2.20. The molecule has 1 aromatic carbocycles. The van der Waals surface area contributed by atoms with E-state index < -0.39 is 10.0 Å². The average molecular weight is 390 g/mol. The predicted octanol–water partition coefficient (Wildman–Crippen LogP) is 2.29. The van der Waals surface area contributed by atoms with Gasteiger partial charge in [0.05, 0.1) is 23.6 Å². The largest absolute Gasteiger partial charge is 0.302 e. The van der Waals surface area contributed by atoms with Gasteiger partial charge in [-0.05, 0) is 25.0 Å². The number of carbonyl (C=O) groups is 1. The van der Waals surface area contributed by atoms with E-state index in [0.717, 1.165) is 11.3 Å². The summed E-state index contributed by atoms with van der Waals surface area (Å²) in [7, 11) is -3.20. The molecule has 136 valence electrons. The summed E-state index contributed by atoms with van der Waals surface area (Å²) in [5, 5.41) is 14.0. The number of nitrogens with one attached hydrogen (secondary N) is 1. The van der Waals surface area contributed by atoms with Gasteiger partial charge in [0.2, 0.25) is 15.9 Å². The van der Waals surface area contributed by atoms with Gasteiger partial charge in [-0.1, -0.05) is 12.1 Å². The molecule has 7 nitrogen and oxygen atoms in total. The molecule has 0 spiro atoms. The third-order valence-electron chi connectivity index (χ3n) is 4.34. The Balaban J connectivity index is 1.60. The maximum atomic E-state index is 12.4. The van der Waals surface area contributed by atoms with E-state index in [9.17, 15) is 13.2 Å². The molecule has 3 rings (SSSR count). The molecule has 0 bridgehead atoms. The number of nitriles is 1. The molecular formula is C17H18N4O3S2. The van der Waals surface area contributed by atoms with Gasteiger partial charge in [-0.2, -0.15) is 5.26 Å². The normalized spacial score (nSPS) is 16.2. The fraction of sp³-hybridized carbons (Fsp3) is 0.353. The number of sulfonamides is 1. The van der Waals surface area contributed by atoms with Crippen molar-refractivity contribution in [3.8, 4) is 17.3 Å². The average Bonchev–Trinajstić information content (AvgIpc) is 3.09. The highest BCUT2D eigenvalue weighted by Gasteiger charge is 2.29. The van der Waals surface area contributed by atoms with Crippen LogP contribution in [0.15, 0.2) is 29.6 Å². The van der Waals surface area contributed by atoms with Crippen molar-refractivity contribution in [3.63, 3.8) is 0 Å². The molecule has 1 aliphatic heterocycles. The Bertz CT molecular complexity index is 937. The molecule has 9 heteroatoms. The first-order valence-corrected chi connectivity index (χ1v) is 10.8. The van der Waals surface area contributed by atoms with Gasteiger partial charge >= 0.3 is 0 Å². The van der Waals surface area contributed by atoms with Crippen LogP contribution < -0.4 is 5.32 Å². The van der Waals surface area contributed by atoms with Crippen LogP contribution in [0.3, 0.4) is 0 Å². The molecule has 1 saturated heterocycles. The Hall–Kier alpha value is -2.28. The van der Waals surface area contributed by atoms with E-state index in [1.54, 1.807) is 12.1 Å². The lowest BCUT2D eigenvalue weighted by molar-refractivity contribution is -0.120. The molecule has 0 radical (unpaired) electrons. The van der Waals surface area contributed by atoms with Gasteiger partial charge in [0.1, 0.15) is 0 Å². The number of benzene rings is 1. The summed E-state index contributed by atoms with van der Waals surface area (Å²) in [5.74, 6) is -0.339. The zero-order valence-corrected chi connectivity index (χ0v) is 15.8. The van der Waals surface area contributed by atoms with Crippen molar-refractivity contribution in [1.29, 1.82) is 5.26 Å². The molecule has 2 heterocycles. The minimum atomic E-state index is -3.20.